The fraction of sp³-hybridized carbons (Fsp3) is 0.455. The molecule has 0 aliphatic rings. The average molecular weight is 254 g/mol. The second kappa shape index (κ2) is 5.01. The largest absolute Gasteiger partial charge is 0.301 e. The summed E-state index contributed by atoms with van der Waals surface area (Å²) < 4.78 is 0. The SMILES string of the molecule is CCCSc1nc2sc(CC)cc2c(=O)[nH]1. The van der Waals surface area contributed by atoms with Crippen molar-refractivity contribution in [3.8, 4) is 0 Å². The highest BCUT2D eigenvalue weighted by Gasteiger charge is 2.07. The van der Waals surface area contributed by atoms with Crippen LogP contribution in [-0.2, 0) is 6.42 Å². The number of H-pyrrole nitrogens is 1. The molecule has 0 saturated carbocycles. The van der Waals surface area contributed by atoms with Gasteiger partial charge in [0.25, 0.3) is 5.56 Å². The highest BCUT2D eigenvalue weighted by atomic mass is 32.2. The monoisotopic (exact) mass is 254 g/mol. The summed E-state index contributed by atoms with van der Waals surface area (Å²) in [5.41, 5.74) is -0.0143. The van der Waals surface area contributed by atoms with Gasteiger partial charge in [-0.3, -0.25) is 4.79 Å². The molecule has 2 heterocycles. The van der Waals surface area contributed by atoms with Gasteiger partial charge in [0.1, 0.15) is 4.83 Å². The summed E-state index contributed by atoms with van der Waals surface area (Å²) >= 11 is 3.22. The van der Waals surface area contributed by atoms with Crippen LogP contribution in [0.5, 0.6) is 0 Å². The zero-order chi connectivity index (χ0) is 11.5. The van der Waals surface area contributed by atoms with E-state index in [-0.39, 0.29) is 5.56 Å². The number of nitrogens with zero attached hydrogens (tertiary/aromatic N) is 1. The number of hydrogen-bond acceptors (Lipinski definition) is 4. The smallest absolute Gasteiger partial charge is 0.260 e. The number of aromatic amines is 1. The van der Waals surface area contributed by atoms with Gasteiger partial charge in [-0.1, -0.05) is 25.6 Å². The van der Waals surface area contributed by atoms with E-state index in [1.807, 2.05) is 6.07 Å². The minimum Gasteiger partial charge on any atom is -0.301 e. The number of fused-ring (bicyclic) bond motifs is 1. The maximum atomic E-state index is 11.8. The molecule has 2 rings (SSSR count). The van der Waals surface area contributed by atoms with E-state index in [0.29, 0.717) is 0 Å². The summed E-state index contributed by atoms with van der Waals surface area (Å²) in [4.78, 5) is 21.2. The summed E-state index contributed by atoms with van der Waals surface area (Å²) in [6, 6.07) is 1.94. The van der Waals surface area contributed by atoms with Crippen LogP contribution in [0.25, 0.3) is 10.2 Å². The van der Waals surface area contributed by atoms with Crippen molar-refractivity contribution in [2.45, 2.75) is 31.8 Å². The molecular weight excluding hydrogens is 240 g/mol. The molecule has 0 aliphatic carbocycles. The molecule has 0 radical (unpaired) electrons. The molecule has 16 heavy (non-hydrogen) atoms. The first-order valence-electron chi connectivity index (χ1n) is 5.40. The number of thiophene rings is 1. The first kappa shape index (κ1) is 11.7. The lowest BCUT2D eigenvalue weighted by Gasteiger charge is -1.97. The molecule has 0 spiro atoms. The molecule has 0 unspecified atom stereocenters. The van der Waals surface area contributed by atoms with Crippen molar-refractivity contribution in [1.82, 2.24) is 9.97 Å². The molecule has 86 valence electrons. The van der Waals surface area contributed by atoms with Crippen molar-refractivity contribution in [2.24, 2.45) is 0 Å². The highest BCUT2D eigenvalue weighted by molar-refractivity contribution is 7.99. The minimum absolute atomic E-state index is 0.0143. The Morgan fingerprint density at radius 2 is 2.31 bits per heavy atom. The topological polar surface area (TPSA) is 45.8 Å². The normalized spacial score (nSPS) is 11.1. The van der Waals surface area contributed by atoms with Crippen LogP contribution in [0.1, 0.15) is 25.1 Å². The zero-order valence-electron chi connectivity index (χ0n) is 9.37. The van der Waals surface area contributed by atoms with E-state index in [1.54, 1.807) is 23.1 Å². The van der Waals surface area contributed by atoms with Crippen molar-refractivity contribution in [2.75, 3.05) is 5.75 Å². The number of hydrogen-bond donors (Lipinski definition) is 1. The van der Waals surface area contributed by atoms with E-state index in [1.165, 1.54) is 4.88 Å². The van der Waals surface area contributed by atoms with Crippen molar-refractivity contribution >= 4 is 33.3 Å². The molecule has 0 saturated heterocycles. The summed E-state index contributed by atoms with van der Waals surface area (Å²) in [7, 11) is 0. The van der Waals surface area contributed by atoms with Gasteiger partial charge in [0.15, 0.2) is 5.16 Å². The lowest BCUT2D eigenvalue weighted by Crippen LogP contribution is -2.07. The van der Waals surface area contributed by atoms with E-state index < -0.39 is 0 Å². The van der Waals surface area contributed by atoms with Crippen molar-refractivity contribution in [3.63, 3.8) is 0 Å². The summed E-state index contributed by atoms with van der Waals surface area (Å²) in [6.07, 6.45) is 2.04. The van der Waals surface area contributed by atoms with Gasteiger partial charge in [0.05, 0.1) is 5.39 Å². The van der Waals surface area contributed by atoms with Gasteiger partial charge in [0, 0.05) is 10.6 Å². The highest BCUT2D eigenvalue weighted by Crippen LogP contribution is 2.23. The second-order valence-corrected chi connectivity index (χ2v) is 5.70. The first-order chi connectivity index (χ1) is 7.74. The lowest BCUT2D eigenvalue weighted by molar-refractivity contribution is 0.973. The van der Waals surface area contributed by atoms with Gasteiger partial charge in [-0.25, -0.2) is 4.98 Å². The van der Waals surface area contributed by atoms with Gasteiger partial charge in [-0.2, -0.15) is 0 Å². The maximum Gasteiger partial charge on any atom is 0.260 e. The molecule has 0 bridgehead atoms. The Hall–Kier alpha value is -0.810. The Bertz CT molecular complexity index is 544. The van der Waals surface area contributed by atoms with Gasteiger partial charge < -0.3 is 4.98 Å². The molecule has 0 aromatic carbocycles. The van der Waals surface area contributed by atoms with Gasteiger partial charge in [-0.05, 0) is 18.9 Å². The average Bonchev–Trinajstić information content (AvgIpc) is 2.70. The second-order valence-electron chi connectivity index (χ2n) is 3.50. The molecule has 0 fully saturated rings. The molecule has 0 atom stereocenters. The van der Waals surface area contributed by atoms with Gasteiger partial charge in [0.2, 0.25) is 0 Å². The standard InChI is InChI=1S/C11H14N2OS2/c1-3-5-15-11-12-9(14)8-6-7(4-2)16-10(8)13-11/h6H,3-5H2,1-2H3,(H,12,13,14). The van der Waals surface area contributed by atoms with E-state index in [9.17, 15) is 4.79 Å². The van der Waals surface area contributed by atoms with Crippen LogP contribution in [-0.4, -0.2) is 15.7 Å². The molecule has 2 aromatic heterocycles. The van der Waals surface area contributed by atoms with E-state index in [0.717, 1.165) is 34.0 Å². The Balaban J connectivity index is 2.45. The molecular formula is C11H14N2OS2. The predicted molar refractivity (Wildman–Crippen MR) is 70.6 cm³/mol. The molecule has 0 amide bonds. The lowest BCUT2D eigenvalue weighted by atomic mass is 10.3. The van der Waals surface area contributed by atoms with Crippen LogP contribution in [0.2, 0.25) is 0 Å². The minimum atomic E-state index is -0.0143. The van der Waals surface area contributed by atoms with Crippen LogP contribution in [0.4, 0.5) is 0 Å². The molecule has 3 nitrogen and oxygen atoms in total. The fourth-order valence-corrected chi connectivity index (χ4v) is 3.15. The third kappa shape index (κ3) is 2.30. The van der Waals surface area contributed by atoms with Crippen LogP contribution < -0.4 is 5.56 Å². The van der Waals surface area contributed by atoms with Crippen LogP contribution in [0.3, 0.4) is 0 Å². The van der Waals surface area contributed by atoms with Crippen molar-refractivity contribution < 1.29 is 0 Å². The molecule has 5 heteroatoms. The quantitative estimate of drug-likeness (QED) is 0.674. The van der Waals surface area contributed by atoms with E-state index in [2.05, 4.69) is 23.8 Å². The number of rotatable bonds is 4. The molecule has 1 N–H and O–H groups in total. The number of aromatic nitrogens is 2. The van der Waals surface area contributed by atoms with E-state index in [4.69, 9.17) is 0 Å². The van der Waals surface area contributed by atoms with Crippen LogP contribution in [0, 0.1) is 0 Å². The Kier molecular flexibility index (Phi) is 3.66. The Morgan fingerprint density at radius 3 is 3.00 bits per heavy atom. The van der Waals surface area contributed by atoms with Gasteiger partial charge in [-0.15, -0.1) is 11.3 Å². The number of aryl methyl sites for hydroxylation is 1. The van der Waals surface area contributed by atoms with Crippen LogP contribution in [0.15, 0.2) is 16.0 Å². The number of thioether (sulfide) groups is 1. The summed E-state index contributed by atoms with van der Waals surface area (Å²) in [5.74, 6) is 0.987. The van der Waals surface area contributed by atoms with E-state index >= 15 is 0 Å². The third-order valence-corrected chi connectivity index (χ3v) is 4.48. The number of nitrogens with one attached hydrogen (secondary N) is 1. The van der Waals surface area contributed by atoms with Crippen molar-refractivity contribution in [3.05, 3.63) is 21.3 Å². The maximum absolute atomic E-state index is 11.8. The molecule has 0 aliphatic heterocycles. The summed E-state index contributed by atoms with van der Waals surface area (Å²) in [5, 5.41) is 1.46. The zero-order valence-corrected chi connectivity index (χ0v) is 11.0. The fourth-order valence-electron chi connectivity index (χ4n) is 1.40. The Morgan fingerprint density at radius 1 is 1.50 bits per heavy atom. The summed E-state index contributed by atoms with van der Waals surface area (Å²) in [6.45, 7) is 4.20. The third-order valence-electron chi connectivity index (χ3n) is 2.22. The van der Waals surface area contributed by atoms with Crippen molar-refractivity contribution in [1.29, 1.82) is 0 Å². The predicted octanol–water partition coefficient (Wildman–Crippen LogP) is 3.05. The Labute approximate surface area is 102 Å². The van der Waals surface area contributed by atoms with Gasteiger partial charge >= 0.3 is 0 Å². The molecule has 2 aromatic rings. The first-order valence-corrected chi connectivity index (χ1v) is 7.20. The van der Waals surface area contributed by atoms with Crippen LogP contribution >= 0.6 is 23.1 Å².